The number of rotatable bonds is 2. The van der Waals surface area contributed by atoms with Crippen LogP contribution >= 0.6 is 12.4 Å². The summed E-state index contributed by atoms with van der Waals surface area (Å²) >= 11 is 0. The minimum Gasteiger partial charge on any atom is -0.338 e. The van der Waals surface area contributed by atoms with Gasteiger partial charge in [0.15, 0.2) is 0 Å². The van der Waals surface area contributed by atoms with Crippen LogP contribution in [0.25, 0.3) is 0 Å². The first-order valence-corrected chi connectivity index (χ1v) is 7.84. The molecule has 0 unspecified atom stereocenters. The molecule has 7 heteroatoms. The summed E-state index contributed by atoms with van der Waals surface area (Å²) in [6.07, 6.45) is 0.915. The number of anilines is 1. The molecule has 6 nitrogen and oxygen atoms in total. The monoisotopic (exact) mass is 338 g/mol. The maximum atomic E-state index is 12.7. The number of carbonyl (C=O) groups is 2. The molecule has 2 aliphatic rings. The molecule has 3 amide bonds. The zero-order valence-corrected chi connectivity index (χ0v) is 14.1. The molecule has 2 saturated heterocycles. The van der Waals surface area contributed by atoms with Gasteiger partial charge in [-0.2, -0.15) is 0 Å². The van der Waals surface area contributed by atoms with Gasteiger partial charge in [-0.05, 0) is 31.5 Å². The topological polar surface area (TPSA) is 64.7 Å². The van der Waals surface area contributed by atoms with Gasteiger partial charge in [-0.25, -0.2) is 4.79 Å². The van der Waals surface area contributed by atoms with Gasteiger partial charge in [-0.1, -0.05) is 6.07 Å². The fourth-order valence-electron chi connectivity index (χ4n) is 2.99. The number of nitrogens with one attached hydrogen (secondary N) is 2. The van der Waals surface area contributed by atoms with E-state index in [-0.39, 0.29) is 30.4 Å². The van der Waals surface area contributed by atoms with Crippen molar-refractivity contribution in [3.05, 3.63) is 29.8 Å². The van der Waals surface area contributed by atoms with Crippen LogP contribution in [0.3, 0.4) is 0 Å². The zero-order chi connectivity index (χ0) is 15.5. The minimum absolute atomic E-state index is 0. The number of hydrogen-bond acceptors (Lipinski definition) is 3. The number of halogens is 1. The first-order valence-electron chi connectivity index (χ1n) is 7.84. The Hall–Kier alpha value is -1.79. The van der Waals surface area contributed by atoms with Gasteiger partial charge < -0.3 is 15.5 Å². The van der Waals surface area contributed by atoms with Gasteiger partial charge in [-0.15, -0.1) is 12.4 Å². The predicted molar refractivity (Wildman–Crippen MR) is 92.4 cm³/mol. The first-order chi connectivity index (χ1) is 10.7. The van der Waals surface area contributed by atoms with Crippen LogP contribution in [0.4, 0.5) is 10.5 Å². The Labute approximate surface area is 142 Å². The van der Waals surface area contributed by atoms with Crippen molar-refractivity contribution in [3.63, 3.8) is 0 Å². The molecule has 1 atom stereocenters. The first kappa shape index (κ1) is 17.6. The average molecular weight is 339 g/mol. The lowest BCUT2D eigenvalue weighted by Gasteiger charge is -2.34. The van der Waals surface area contributed by atoms with Crippen molar-refractivity contribution in [2.24, 2.45) is 0 Å². The second kappa shape index (κ2) is 7.66. The van der Waals surface area contributed by atoms with Crippen LogP contribution in [-0.2, 0) is 0 Å². The number of carbonyl (C=O) groups excluding carboxylic acids is 2. The molecule has 0 radical (unpaired) electrons. The van der Waals surface area contributed by atoms with Crippen molar-refractivity contribution >= 4 is 30.0 Å². The number of benzene rings is 1. The molecule has 0 saturated carbocycles. The third kappa shape index (κ3) is 3.76. The molecule has 1 aromatic carbocycles. The smallest absolute Gasteiger partial charge is 0.321 e. The fourth-order valence-corrected chi connectivity index (χ4v) is 2.99. The summed E-state index contributed by atoms with van der Waals surface area (Å²) in [5, 5.41) is 6.12. The Morgan fingerprint density at radius 3 is 2.83 bits per heavy atom. The maximum Gasteiger partial charge on any atom is 0.321 e. The highest BCUT2D eigenvalue weighted by atomic mass is 35.5. The molecule has 126 valence electrons. The Morgan fingerprint density at radius 2 is 2.09 bits per heavy atom. The quantitative estimate of drug-likeness (QED) is 0.858. The molecule has 23 heavy (non-hydrogen) atoms. The molecule has 3 rings (SSSR count). The lowest BCUT2D eigenvalue weighted by Crippen LogP contribution is -2.52. The standard InChI is InChI=1S/C16H22N4O2.ClH/c1-12-11-17-7-9-19(12)15(21)13-4-2-5-14(10-13)20-8-3-6-18-16(20)22;/h2,4-5,10,12,17H,3,6-9,11H2,1H3,(H,18,22);1H/t12-;/m1./s1. The molecule has 2 heterocycles. The van der Waals surface area contributed by atoms with Crippen LogP contribution in [0, 0.1) is 0 Å². The van der Waals surface area contributed by atoms with Crippen molar-refractivity contribution in [2.45, 2.75) is 19.4 Å². The van der Waals surface area contributed by atoms with E-state index in [9.17, 15) is 9.59 Å². The second-order valence-corrected chi connectivity index (χ2v) is 5.84. The van der Waals surface area contributed by atoms with E-state index in [0.29, 0.717) is 25.2 Å². The van der Waals surface area contributed by atoms with E-state index in [1.165, 1.54) is 0 Å². The summed E-state index contributed by atoms with van der Waals surface area (Å²) in [6, 6.07) is 7.46. The Morgan fingerprint density at radius 1 is 1.26 bits per heavy atom. The predicted octanol–water partition coefficient (Wildman–Crippen LogP) is 1.46. The molecular formula is C16H23ClN4O2. The van der Waals surface area contributed by atoms with Crippen molar-refractivity contribution in [2.75, 3.05) is 37.6 Å². The van der Waals surface area contributed by atoms with Crippen LogP contribution < -0.4 is 15.5 Å². The number of hydrogen-bond donors (Lipinski definition) is 2. The van der Waals surface area contributed by atoms with Crippen LogP contribution in [0.1, 0.15) is 23.7 Å². The van der Waals surface area contributed by atoms with Crippen LogP contribution in [0.15, 0.2) is 24.3 Å². The molecule has 2 N–H and O–H groups in total. The van der Waals surface area contributed by atoms with Crippen molar-refractivity contribution < 1.29 is 9.59 Å². The highest BCUT2D eigenvalue weighted by Gasteiger charge is 2.25. The second-order valence-electron chi connectivity index (χ2n) is 5.84. The summed E-state index contributed by atoms with van der Waals surface area (Å²) in [7, 11) is 0. The van der Waals surface area contributed by atoms with Crippen LogP contribution in [0.5, 0.6) is 0 Å². The van der Waals surface area contributed by atoms with E-state index >= 15 is 0 Å². The van der Waals surface area contributed by atoms with Gasteiger partial charge in [0.05, 0.1) is 0 Å². The van der Waals surface area contributed by atoms with Crippen LogP contribution in [-0.4, -0.2) is 55.6 Å². The summed E-state index contributed by atoms with van der Waals surface area (Å²) in [6.45, 7) is 5.81. The lowest BCUT2D eigenvalue weighted by atomic mass is 10.1. The summed E-state index contributed by atoms with van der Waals surface area (Å²) < 4.78 is 0. The fraction of sp³-hybridized carbons (Fsp3) is 0.500. The lowest BCUT2D eigenvalue weighted by molar-refractivity contribution is 0.0655. The molecule has 0 aliphatic carbocycles. The molecule has 0 spiro atoms. The van der Waals surface area contributed by atoms with Crippen molar-refractivity contribution in [1.82, 2.24) is 15.5 Å². The van der Waals surface area contributed by atoms with E-state index < -0.39 is 0 Å². The van der Waals surface area contributed by atoms with Gasteiger partial charge >= 0.3 is 6.03 Å². The zero-order valence-electron chi connectivity index (χ0n) is 13.2. The molecule has 1 aromatic rings. The minimum atomic E-state index is -0.0913. The highest BCUT2D eigenvalue weighted by molar-refractivity contribution is 5.98. The number of nitrogens with zero attached hydrogens (tertiary/aromatic N) is 2. The number of piperazine rings is 1. The SMILES string of the molecule is C[C@@H]1CNCCN1C(=O)c1cccc(N2CCCNC2=O)c1.Cl. The van der Waals surface area contributed by atoms with Crippen molar-refractivity contribution in [1.29, 1.82) is 0 Å². The molecular weight excluding hydrogens is 316 g/mol. The summed E-state index contributed by atoms with van der Waals surface area (Å²) in [4.78, 5) is 28.2. The van der Waals surface area contributed by atoms with Crippen molar-refractivity contribution in [3.8, 4) is 0 Å². The average Bonchev–Trinajstić information content (AvgIpc) is 2.55. The maximum absolute atomic E-state index is 12.7. The molecule has 2 aliphatic heterocycles. The molecule has 0 aromatic heterocycles. The number of urea groups is 1. The van der Waals surface area contributed by atoms with Gasteiger partial charge in [0.1, 0.15) is 0 Å². The van der Waals surface area contributed by atoms with E-state index in [1.54, 1.807) is 4.90 Å². The Kier molecular flexibility index (Phi) is 5.85. The van der Waals surface area contributed by atoms with Gasteiger partial charge in [-0.3, -0.25) is 9.69 Å². The summed E-state index contributed by atoms with van der Waals surface area (Å²) in [5.41, 5.74) is 1.43. The third-order valence-electron chi connectivity index (χ3n) is 4.25. The summed E-state index contributed by atoms with van der Waals surface area (Å²) in [5.74, 6) is 0.0354. The Bertz CT molecular complexity index is 581. The van der Waals surface area contributed by atoms with Crippen LogP contribution in [0.2, 0.25) is 0 Å². The molecule has 2 fully saturated rings. The van der Waals surface area contributed by atoms with E-state index in [4.69, 9.17) is 0 Å². The largest absolute Gasteiger partial charge is 0.338 e. The highest BCUT2D eigenvalue weighted by Crippen LogP contribution is 2.20. The molecule has 0 bridgehead atoms. The third-order valence-corrected chi connectivity index (χ3v) is 4.25. The normalized spacial score (nSPS) is 21.4. The van der Waals surface area contributed by atoms with E-state index in [0.717, 1.165) is 25.2 Å². The Balaban J connectivity index is 0.00000192. The van der Waals surface area contributed by atoms with Gasteiger partial charge in [0.2, 0.25) is 0 Å². The van der Waals surface area contributed by atoms with Gasteiger partial charge in [0, 0.05) is 50.0 Å². The van der Waals surface area contributed by atoms with E-state index in [1.807, 2.05) is 36.1 Å². The van der Waals surface area contributed by atoms with E-state index in [2.05, 4.69) is 10.6 Å². The number of amides is 3. The van der Waals surface area contributed by atoms with Gasteiger partial charge in [0.25, 0.3) is 5.91 Å².